The molecule has 0 aliphatic heterocycles. The summed E-state index contributed by atoms with van der Waals surface area (Å²) in [6, 6.07) is 0. The second-order valence-electron chi connectivity index (χ2n) is 2.92. The summed E-state index contributed by atoms with van der Waals surface area (Å²) in [5, 5.41) is 8.02. The Bertz CT molecular complexity index is 430. The van der Waals surface area contributed by atoms with Crippen LogP contribution in [0, 0.1) is 13.8 Å². The van der Waals surface area contributed by atoms with E-state index in [1.165, 1.54) is 0 Å². The third-order valence-corrected chi connectivity index (χ3v) is 1.97. The first kappa shape index (κ1) is 7.21. The second kappa shape index (κ2) is 2.27. The molecular formula is C8H10N4. The van der Waals surface area contributed by atoms with Crippen molar-refractivity contribution in [2.45, 2.75) is 13.8 Å². The molecule has 2 aromatic rings. The zero-order valence-electron chi connectivity index (χ0n) is 7.37. The van der Waals surface area contributed by atoms with Gasteiger partial charge in [0.1, 0.15) is 5.52 Å². The molecule has 0 N–H and O–H groups in total. The molecule has 4 nitrogen and oxygen atoms in total. The van der Waals surface area contributed by atoms with Gasteiger partial charge >= 0.3 is 0 Å². The van der Waals surface area contributed by atoms with Crippen molar-refractivity contribution in [1.29, 1.82) is 0 Å². The third-order valence-electron chi connectivity index (χ3n) is 1.97. The molecule has 0 aromatic carbocycles. The molecular weight excluding hydrogens is 152 g/mol. The summed E-state index contributed by atoms with van der Waals surface area (Å²) < 4.78 is 1.96. The van der Waals surface area contributed by atoms with Gasteiger partial charge in [0.05, 0.1) is 23.2 Å². The molecule has 2 rings (SSSR count). The maximum Gasteiger partial charge on any atom is 0.113 e. The first-order valence-electron chi connectivity index (χ1n) is 3.81. The smallest absolute Gasteiger partial charge is 0.113 e. The number of rotatable bonds is 0. The van der Waals surface area contributed by atoms with E-state index in [1.54, 1.807) is 6.33 Å². The Labute approximate surface area is 70.3 Å². The van der Waals surface area contributed by atoms with Crippen LogP contribution in [-0.4, -0.2) is 19.7 Å². The molecule has 0 aliphatic rings. The van der Waals surface area contributed by atoms with E-state index in [1.807, 2.05) is 25.5 Å². The standard InChI is InChI=1S/C8H10N4/c1-5-7-8(6(2)11-10-5)12(3)4-9-7/h4H,1-3H3. The van der Waals surface area contributed by atoms with Crippen molar-refractivity contribution in [2.75, 3.05) is 0 Å². The maximum absolute atomic E-state index is 4.24. The number of nitrogens with zero attached hydrogens (tertiary/aromatic N) is 4. The largest absolute Gasteiger partial charge is 0.332 e. The molecule has 0 fully saturated rings. The van der Waals surface area contributed by atoms with Crippen molar-refractivity contribution in [1.82, 2.24) is 19.7 Å². The Morgan fingerprint density at radius 3 is 2.50 bits per heavy atom. The summed E-state index contributed by atoms with van der Waals surface area (Å²) >= 11 is 0. The molecule has 62 valence electrons. The summed E-state index contributed by atoms with van der Waals surface area (Å²) in [5.41, 5.74) is 3.83. The summed E-state index contributed by atoms with van der Waals surface area (Å²) in [7, 11) is 1.96. The number of aromatic nitrogens is 4. The lowest BCUT2D eigenvalue weighted by Crippen LogP contribution is -1.95. The monoisotopic (exact) mass is 162 g/mol. The lowest BCUT2D eigenvalue weighted by atomic mass is 10.3. The molecule has 0 radical (unpaired) electrons. The lowest BCUT2D eigenvalue weighted by Gasteiger charge is -1.98. The minimum absolute atomic E-state index is 0.885. The van der Waals surface area contributed by atoms with Crippen LogP contribution in [0.4, 0.5) is 0 Å². The van der Waals surface area contributed by atoms with Crippen molar-refractivity contribution in [3.8, 4) is 0 Å². The molecule has 0 atom stereocenters. The van der Waals surface area contributed by atoms with Gasteiger partial charge in [-0.2, -0.15) is 10.2 Å². The van der Waals surface area contributed by atoms with Gasteiger partial charge in [0.15, 0.2) is 0 Å². The van der Waals surface area contributed by atoms with Crippen LogP contribution in [0.15, 0.2) is 6.33 Å². The summed E-state index contributed by atoms with van der Waals surface area (Å²) in [6.45, 7) is 3.86. The Balaban J connectivity index is 2.98. The average molecular weight is 162 g/mol. The van der Waals surface area contributed by atoms with E-state index in [0.29, 0.717) is 0 Å². The highest BCUT2D eigenvalue weighted by molar-refractivity contribution is 5.78. The van der Waals surface area contributed by atoms with Gasteiger partial charge < -0.3 is 4.57 Å². The minimum atomic E-state index is 0.885. The Kier molecular flexibility index (Phi) is 1.36. The van der Waals surface area contributed by atoms with E-state index >= 15 is 0 Å². The SMILES string of the molecule is Cc1nnc(C)c2c1ncn2C. The van der Waals surface area contributed by atoms with E-state index < -0.39 is 0 Å². The van der Waals surface area contributed by atoms with Crippen LogP contribution in [-0.2, 0) is 7.05 Å². The number of imidazole rings is 1. The molecule has 0 unspecified atom stereocenters. The summed E-state index contributed by atoms with van der Waals surface area (Å²) in [5.74, 6) is 0. The normalized spacial score (nSPS) is 10.9. The number of aryl methyl sites for hydroxylation is 3. The Hall–Kier alpha value is -1.45. The number of hydrogen-bond acceptors (Lipinski definition) is 3. The maximum atomic E-state index is 4.24. The first-order chi connectivity index (χ1) is 5.70. The molecule has 0 amide bonds. The fourth-order valence-electron chi connectivity index (χ4n) is 1.37. The number of fused-ring (bicyclic) bond motifs is 1. The molecule has 0 spiro atoms. The van der Waals surface area contributed by atoms with Crippen LogP contribution >= 0.6 is 0 Å². The van der Waals surface area contributed by atoms with Gasteiger partial charge in [-0.3, -0.25) is 0 Å². The lowest BCUT2D eigenvalue weighted by molar-refractivity contribution is 0.914. The predicted molar refractivity (Wildman–Crippen MR) is 45.8 cm³/mol. The highest BCUT2D eigenvalue weighted by Gasteiger charge is 2.06. The topological polar surface area (TPSA) is 43.6 Å². The summed E-state index contributed by atoms with van der Waals surface area (Å²) in [6.07, 6.45) is 1.79. The van der Waals surface area contributed by atoms with E-state index in [4.69, 9.17) is 0 Å². The summed E-state index contributed by atoms with van der Waals surface area (Å²) in [4.78, 5) is 4.24. The van der Waals surface area contributed by atoms with Gasteiger partial charge in [-0.05, 0) is 13.8 Å². The molecule has 2 aromatic heterocycles. The van der Waals surface area contributed by atoms with Crippen LogP contribution in [0.3, 0.4) is 0 Å². The molecule has 2 heterocycles. The van der Waals surface area contributed by atoms with E-state index in [0.717, 1.165) is 22.4 Å². The highest BCUT2D eigenvalue weighted by atomic mass is 15.1. The Morgan fingerprint density at radius 2 is 1.83 bits per heavy atom. The van der Waals surface area contributed by atoms with Gasteiger partial charge in [0.2, 0.25) is 0 Å². The quantitative estimate of drug-likeness (QED) is 0.580. The van der Waals surface area contributed by atoms with Crippen molar-refractivity contribution < 1.29 is 0 Å². The third kappa shape index (κ3) is 0.809. The van der Waals surface area contributed by atoms with Crippen molar-refractivity contribution in [3.05, 3.63) is 17.7 Å². The van der Waals surface area contributed by atoms with Crippen molar-refractivity contribution in [3.63, 3.8) is 0 Å². The molecule has 0 saturated heterocycles. The molecule has 12 heavy (non-hydrogen) atoms. The molecule has 0 bridgehead atoms. The van der Waals surface area contributed by atoms with Gasteiger partial charge in [-0.15, -0.1) is 0 Å². The fraction of sp³-hybridized carbons (Fsp3) is 0.375. The van der Waals surface area contributed by atoms with Crippen molar-refractivity contribution in [2.24, 2.45) is 7.05 Å². The Morgan fingerprint density at radius 1 is 1.17 bits per heavy atom. The van der Waals surface area contributed by atoms with E-state index in [9.17, 15) is 0 Å². The van der Waals surface area contributed by atoms with Crippen LogP contribution < -0.4 is 0 Å². The van der Waals surface area contributed by atoms with E-state index in [2.05, 4.69) is 15.2 Å². The molecule has 0 aliphatic carbocycles. The molecule has 4 heteroatoms. The second-order valence-corrected chi connectivity index (χ2v) is 2.92. The van der Waals surface area contributed by atoms with Crippen LogP contribution in [0.5, 0.6) is 0 Å². The van der Waals surface area contributed by atoms with Gasteiger partial charge in [-0.25, -0.2) is 4.98 Å². The predicted octanol–water partition coefficient (Wildman–Crippen LogP) is 0.980. The van der Waals surface area contributed by atoms with Crippen LogP contribution in [0.25, 0.3) is 11.0 Å². The fourth-order valence-corrected chi connectivity index (χ4v) is 1.37. The zero-order valence-corrected chi connectivity index (χ0v) is 7.37. The number of hydrogen-bond donors (Lipinski definition) is 0. The van der Waals surface area contributed by atoms with Gasteiger partial charge in [-0.1, -0.05) is 0 Å². The first-order valence-corrected chi connectivity index (χ1v) is 3.81. The van der Waals surface area contributed by atoms with Crippen LogP contribution in [0.2, 0.25) is 0 Å². The zero-order chi connectivity index (χ0) is 8.72. The highest BCUT2D eigenvalue weighted by Crippen LogP contribution is 2.15. The van der Waals surface area contributed by atoms with Gasteiger partial charge in [0.25, 0.3) is 0 Å². The minimum Gasteiger partial charge on any atom is -0.332 e. The van der Waals surface area contributed by atoms with E-state index in [-0.39, 0.29) is 0 Å². The van der Waals surface area contributed by atoms with Crippen LogP contribution in [0.1, 0.15) is 11.4 Å². The average Bonchev–Trinajstić information content (AvgIpc) is 2.42. The van der Waals surface area contributed by atoms with Gasteiger partial charge in [0, 0.05) is 7.05 Å². The van der Waals surface area contributed by atoms with Crippen molar-refractivity contribution >= 4 is 11.0 Å². The molecule has 0 saturated carbocycles.